The lowest BCUT2D eigenvalue weighted by Gasteiger charge is -2.28. The van der Waals surface area contributed by atoms with Crippen molar-refractivity contribution >= 4 is 23.5 Å². The number of benzene rings is 2. The van der Waals surface area contributed by atoms with Crippen LogP contribution in [-0.2, 0) is 21.4 Å². The average molecular weight is 555 g/mol. The lowest BCUT2D eigenvalue weighted by Crippen LogP contribution is -2.53. The zero-order valence-corrected chi connectivity index (χ0v) is 23.4. The highest BCUT2D eigenvalue weighted by molar-refractivity contribution is 6.03. The molecule has 0 spiro atoms. The van der Waals surface area contributed by atoms with Crippen LogP contribution in [0.25, 0.3) is 0 Å². The first-order chi connectivity index (χ1) is 19.5. The standard InChI is InChI=1S/C32H34N4O5/c1-32(2,3)23-8-6-21(7-9-23)29(39)34-25(18-20-4-10-24(37)11-5-20)31(41)35-17-14-26-28(35)27(38)19-36(26)30(40)22-12-15-33-16-13-22/h4-13,15-16,25-26,28,37H,14,17-19H2,1-3H3,(H,34,39)/t25?,26-,28+/m1/s1. The number of rotatable bonds is 6. The van der Waals surface area contributed by atoms with E-state index in [1.807, 2.05) is 12.1 Å². The number of likely N-dealkylation sites (tertiary alicyclic amines) is 2. The van der Waals surface area contributed by atoms with Crippen LogP contribution in [0.3, 0.4) is 0 Å². The fraction of sp³-hybridized carbons (Fsp3) is 0.344. The summed E-state index contributed by atoms with van der Waals surface area (Å²) in [6, 6.07) is 14.8. The molecule has 2 aliphatic rings. The van der Waals surface area contributed by atoms with Crippen molar-refractivity contribution in [1.29, 1.82) is 0 Å². The van der Waals surface area contributed by atoms with Crippen molar-refractivity contribution in [2.75, 3.05) is 13.1 Å². The Morgan fingerprint density at radius 2 is 1.61 bits per heavy atom. The minimum absolute atomic E-state index is 0.0703. The first-order valence-electron chi connectivity index (χ1n) is 13.8. The van der Waals surface area contributed by atoms with E-state index in [1.165, 1.54) is 29.4 Å². The van der Waals surface area contributed by atoms with Gasteiger partial charge in [-0.1, -0.05) is 45.0 Å². The number of aromatic hydroxyl groups is 1. The van der Waals surface area contributed by atoms with Crippen molar-refractivity contribution in [3.8, 4) is 5.75 Å². The number of hydrogen-bond acceptors (Lipinski definition) is 6. The fourth-order valence-electron chi connectivity index (χ4n) is 5.63. The topological polar surface area (TPSA) is 120 Å². The molecule has 5 rings (SSSR count). The maximum absolute atomic E-state index is 14.0. The number of hydrogen-bond donors (Lipinski definition) is 2. The van der Waals surface area contributed by atoms with Gasteiger partial charge in [0.2, 0.25) is 5.91 Å². The van der Waals surface area contributed by atoms with Gasteiger partial charge in [0.1, 0.15) is 17.8 Å². The molecule has 212 valence electrons. The maximum Gasteiger partial charge on any atom is 0.254 e. The molecule has 2 fully saturated rings. The molecule has 0 radical (unpaired) electrons. The fourth-order valence-corrected chi connectivity index (χ4v) is 5.63. The number of Topliss-reactive ketones (excluding diaryl/α,β-unsaturated/α-hetero) is 1. The Morgan fingerprint density at radius 3 is 2.24 bits per heavy atom. The largest absolute Gasteiger partial charge is 0.508 e. The Bertz CT molecular complexity index is 1450. The summed E-state index contributed by atoms with van der Waals surface area (Å²) < 4.78 is 0. The van der Waals surface area contributed by atoms with Crippen LogP contribution < -0.4 is 5.32 Å². The normalized spacial score (nSPS) is 19.1. The van der Waals surface area contributed by atoms with Crippen LogP contribution in [0, 0.1) is 0 Å². The highest BCUT2D eigenvalue weighted by Crippen LogP contribution is 2.32. The highest BCUT2D eigenvalue weighted by Gasteiger charge is 2.52. The first-order valence-corrected chi connectivity index (χ1v) is 13.8. The third kappa shape index (κ3) is 5.84. The molecule has 0 bridgehead atoms. The molecule has 2 saturated heterocycles. The predicted molar refractivity (Wildman–Crippen MR) is 152 cm³/mol. The van der Waals surface area contributed by atoms with Crippen LogP contribution in [0.4, 0.5) is 0 Å². The number of ketones is 1. The van der Waals surface area contributed by atoms with Gasteiger partial charge in [-0.15, -0.1) is 0 Å². The highest BCUT2D eigenvalue weighted by atomic mass is 16.3. The molecule has 0 aliphatic carbocycles. The van der Waals surface area contributed by atoms with Crippen LogP contribution in [0.1, 0.15) is 59.0 Å². The summed E-state index contributed by atoms with van der Waals surface area (Å²) in [6.45, 7) is 6.49. The van der Waals surface area contributed by atoms with Gasteiger partial charge < -0.3 is 20.2 Å². The van der Waals surface area contributed by atoms with Gasteiger partial charge >= 0.3 is 0 Å². The molecule has 2 N–H and O–H groups in total. The van der Waals surface area contributed by atoms with Gasteiger partial charge in [-0.05, 0) is 59.4 Å². The summed E-state index contributed by atoms with van der Waals surface area (Å²) in [5.41, 5.74) is 2.62. The second-order valence-electron chi connectivity index (χ2n) is 11.7. The van der Waals surface area contributed by atoms with E-state index < -0.39 is 24.0 Å². The number of fused-ring (bicyclic) bond motifs is 1. The Labute approximate surface area is 239 Å². The number of carbonyl (C=O) groups is 4. The van der Waals surface area contributed by atoms with Gasteiger partial charge in [0.05, 0.1) is 12.6 Å². The van der Waals surface area contributed by atoms with E-state index in [2.05, 4.69) is 31.1 Å². The van der Waals surface area contributed by atoms with Crippen LogP contribution >= 0.6 is 0 Å². The molecule has 9 nitrogen and oxygen atoms in total. The van der Waals surface area contributed by atoms with E-state index in [-0.39, 0.29) is 41.7 Å². The maximum atomic E-state index is 14.0. The number of pyridine rings is 1. The van der Waals surface area contributed by atoms with Crippen LogP contribution in [0.5, 0.6) is 5.75 Å². The number of nitrogens with zero attached hydrogens (tertiary/aromatic N) is 3. The summed E-state index contributed by atoms with van der Waals surface area (Å²) in [4.78, 5) is 60.7. The zero-order chi connectivity index (χ0) is 29.3. The van der Waals surface area contributed by atoms with Gasteiger partial charge in [-0.2, -0.15) is 0 Å². The van der Waals surface area contributed by atoms with Gasteiger partial charge in [-0.3, -0.25) is 24.2 Å². The number of phenols is 1. The Morgan fingerprint density at radius 1 is 0.951 bits per heavy atom. The summed E-state index contributed by atoms with van der Waals surface area (Å²) in [5.74, 6) is -1.15. The molecule has 3 aromatic rings. The third-order valence-electron chi connectivity index (χ3n) is 7.89. The van der Waals surface area contributed by atoms with E-state index >= 15 is 0 Å². The molecule has 1 unspecified atom stereocenters. The molecule has 2 aliphatic heterocycles. The minimum atomic E-state index is -0.953. The van der Waals surface area contributed by atoms with Crippen LogP contribution in [-0.4, -0.2) is 74.6 Å². The molecule has 3 heterocycles. The average Bonchev–Trinajstić information content (AvgIpc) is 3.54. The van der Waals surface area contributed by atoms with E-state index in [0.717, 1.165) is 11.1 Å². The van der Waals surface area contributed by atoms with Crippen molar-refractivity contribution in [2.45, 2.75) is 57.2 Å². The SMILES string of the molecule is CC(C)(C)c1ccc(C(=O)NC(Cc2ccc(O)cc2)C(=O)N2CC[C@@H]3[C@H]2C(=O)CN3C(=O)c2ccncc2)cc1. The molecule has 41 heavy (non-hydrogen) atoms. The number of carbonyl (C=O) groups excluding carboxylic acids is 4. The van der Waals surface area contributed by atoms with Crippen LogP contribution in [0.15, 0.2) is 73.1 Å². The van der Waals surface area contributed by atoms with Gasteiger partial charge in [-0.25, -0.2) is 0 Å². The molecule has 2 aromatic carbocycles. The first kappa shape index (κ1) is 28.0. The van der Waals surface area contributed by atoms with E-state index in [9.17, 15) is 24.3 Å². The smallest absolute Gasteiger partial charge is 0.254 e. The lowest BCUT2D eigenvalue weighted by atomic mass is 9.86. The molecular formula is C32H34N4O5. The number of amides is 3. The number of phenolic OH excluding ortho intramolecular Hbond substituents is 1. The predicted octanol–water partition coefficient (Wildman–Crippen LogP) is 3.12. The van der Waals surface area contributed by atoms with E-state index in [0.29, 0.717) is 24.1 Å². The molecule has 9 heteroatoms. The van der Waals surface area contributed by atoms with Gasteiger partial charge in [0, 0.05) is 36.5 Å². The molecule has 3 atom stereocenters. The van der Waals surface area contributed by atoms with Crippen molar-refractivity contribution in [2.24, 2.45) is 0 Å². The monoisotopic (exact) mass is 554 g/mol. The lowest BCUT2D eigenvalue weighted by molar-refractivity contribution is -0.138. The number of aromatic nitrogens is 1. The molecule has 3 amide bonds. The minimum Gasteiger partial charge on any atom is -0.508 e. The van der Waals surface area contributed by atoms with Crippen molar-refractivity contribution in [1.82, 2.24) is 20.1 Å². The van der Waals surface area contributed by atoms with E-state index in [1.54, 1.807) is 41.3 Å². The summed E-state index contributed by atoms with van der Waals surface area (Å²) in [5, 5.41) is 12.6. The van der Waals surface area contributed by atoms with Gasteiger partial charge in [0.25, 0.3) is 11.8 Å². The quantitative estimate of drug-likeness (QED) is 0.483. The molecule has 0 saturated carbocycles. The van der Waals surface area contributed by atoms with Crippen LogP contribution in [0.2, 0.25) is 0 Å². The number of nitrogens with one attached hydrogen (secondary N) is 1. The van der Waals surface area contributed by atoms with E-state index in [4.69, 9.17) is 0 Å². The summed E-state index contributed by atoms with van der Waals surface area (Å²) in [6.07, 6.45) is 3.69. The van der Waals surface area contributed by atoms with Crippen molar-refractivity contribution in [3.05, 3.63) is 95.3 Å². The Hall–Kier alpha value is -4.53. The van der Waals surface area contributed by atoms with Crippen molar-refractivity contribution in [3.63, 3.8) is 0 Å². The second kappa shape index (κ2) is 11.2. The molecule has 1 aromatic heterocycles. The Kier molecular flexibility index (Phi) is 7.62. The summed E-state index contributed by atoms with van der Waals surface area (Å²) in [7, 11) is 0. The molecular weight excluding hydrogens is 520 g/mol. The zero-order valence-electron chi connectivity index (χ0n) is 23.4. The summed E-state index contributed by atoms with van der Waals surface area (Å²) >= 11 is 0. The third-order valence-corrected chi connectivity index (χ3v) is 7.89. The Balaban J connectivity index is 1.37. The van der Waals surface area contributed by atoms with Crippen molar-refractivity contribution < 1.29 is 24.3 Å². The van der Waals surface area contributed by atoms with Gasteiger partial charge in [0.15, 0.2) is 5.78 Å². The second-order valence-corrected chi connectivity index (χ2v) is 11.7.